The first kappa shape index (κ1) is 14.1. The van der Waals surface area contributed by atoms with Crippen molar-refractivity contribution in [3.63, 3.8) is 0 Å². The lowest BCUT2D eigenvalue weighted by Gasteiger charge is -2.17. The SMILES string of the molecule is CC(C)NC(CCC(=O)C(C)C)C(=O)O. The summed E-state index contributed by atoms with van der Waals surface area (Å²) in [4.78, 5) is 22.2. The highest BCUT2D eigenvalue weighted by Crippen LogP contribution is 2.05. The minimum absolute atomic E-state index is 0.0153. The number of ketones is 1. The summed E-state index contributed by atoms with van der Waals surface area (Å²) in [5.41, 5.74) is 0. The average Bonchev–Trinajstić information content (AvgIpc) is 2.10. The molecule has 0 aliphatic rings. The number of nitrogens with one attached hydrogen (secondary N) is 1. The summed E-state index contributed by atoms with van der Waals surface area (Å²) >= 11 is 0. The van der Waals surface area contributed by atoms with Gasteiger partial charge in [0.05, 0.1) is 0 Å². The molecule has 0 heterocycles. The van der Waals surface area contributed by atoms with Crippen molar-refractivity contribution in [2.45, 2.75) is 52.6 Å². The van der Waals surface area contributed by atoms with Gasteiger partial charge in [0.2, 0.25) is 0 Å². The van der Waals surface area contributed by atoms with E-state index >= 15 is 0 Å². The van der Waals surface area contributed by atoms with Crippen molar-refractivity contribution in [3.05, 3.63) is 0 Å². The minimum atomic E-state index is -0.889. The summed E-state index contributed by atoms with van der Waals surface area (Å²) < 4.78 is 0. The number of carbonyl (C=O) groups excluding carboxylic acids is 1. The minimum Gasteiger partial charge on any atom is -0.480 e. The fourth-order valence-corrected chi connectivity index (χ4v) is 1.26. The van der Waals surface area contributed by atoms with Crippen LogP contribution in [0.4, 0.5) is 0 Å². The van der Waals surface area contributed by atoms with Gasteiger partial charge in [-0.2, -0.15) is 0 Å². The number of aliphatic carboxylic acids is 1. The van der Waals surface area contributed by atoms with E-state index in [1.165, 1.54) is 0 Å². The molecule has 1 atom stereocenters. The van der Waals surface area contributed by atoms with Gasteiger partial charge in [0.25, 0.3) is 0 Å². The molecule has 0 aromatic rings. The highest BCUT2D eigenvalue weighted by atomic mass is 16.4. The molecule has 0 radical (unpaired) electrons. The standard InChI is InChI=1S/C11H21NO3/c1-7(2)10(13)6-5-9(11(14)15)12-8(3)4/h7-9,12H,5-6H2,1-4H3,(H,14,15). The van der Waals surface area contributed by atoms with Crippen LogP contribution in [0.2, 0.25) is 0 Å². The van der Waals surface area contributed by atoms with E-state index in [9.17, 15) is 9.59 Å². The Kier molecular flexibility index (Phi) is 6.17. The lowest BCUT2D eigenvalue weighted by Crippen LogP contribution is -2.41. The number of Topliss-reactive ketones (excluding diaryl/α,β-unsaturated/α-hetero) is 1. The lowest BCUT2D eigenvalue weighted by molar-refractivity contribution is -0.140. The van der Waals surface area contributed by atoms with Crippen molar-refractivity contribution in [1.82, 2.24) is 5.32 Å². The van der Waals surface area contributed by atoms with Gasteiger partial charge in [0, 0.05) is 18.4 Å². The molecule has 0 aromatic heterocycles. The average molecular weight is 215 g/mol. The summed E-state index contributed by atoms with van der Waals surface area (Å²) in [5, 5.41) is 11.8. The maximum Gasteiger partial charge on any atom is 0.320 e. The third-order valence-corrected chi connectivity index (χ3v) is 2.16. The van der Waals surface area contributed by atoms with E-state index in [0.29, 0.717) is 12.8 Å². The van der Waals surface area contributed by atoms with Gasteiger partial charge in [0.15, 0.2) is 0 Å². The zero-order valence-corrected chi connectivity index (χ0v) is 9.91. The summed E-state index contributed by atoms with van der Waals surface area (Å²) in [5.74, 6) is -0.787. The van der Waals surface area contributed by atoms with Crippen LogP contribution in [0.25, 0.3) is 0 Å². The monoisotopic (exact) mass is 215 g/mol. The van der Waals surface area contributed by atoms with Gasteiger partial charge in [-0.05, 0) is 6.42 Å². The molecule has 4 nitrogen and oxygen atoms in total. The van der Waals surface area contributed by atoms with Gasteiger partial charge < -0.3 is 10.4 Å². The van der Waals surface area contributed by atoms with Crippen molar-refractivity contribution < 1.29 is 14.7 Å². The topological polar surface area (TPSA) is 66.4 Å². The first-order chi connectivity index (χ1) is 6.84. The Morgan fingerprint density at radius 3 is 2.07 bits per heavy atom. The molecule has 2 N–H and O–H groups in total. The molecule has 0 aromatic carbocycles. The number of hydrogen-bond donors (Lipinski definition) is 2. The normalized spacial score (nSPS) is 13.2. The van der Waals surface area contributed by atoms with Crippen LogP contribution < -0.4 is 5.32 Å². The second kappa shape index (κ2) is 6.56. The highest BCUT2D eigenvalue weighted by molar-refractivity contribution is 5.81. The van der Waals surface area contributed by atoms with Gasteiger partial charge in [0.1, 0.15) is 11.8 Å². The molecular weight excluding hydrogens is 194 g/mol. The molecule has 1 unspecified atom stereocenters. The summed E-state index contributed by atoms with van der Waals surface area (Å²) in [6.07, 6.45) is 0.693. The van der Waals surface area contributed by atoms with E-state index in [1.807, 2.05) is 27.7 Å². The van der Waals surface area contributed by atoms with Gasteiger partial charge in [-0.25, -0.2) is 0 Å². The highest BCUT2D eigenvalue weighted by Gasteiger charge is 2.19. The van der Waals surface area contributed by atoms with Gasteiger partial charge >= 0.3 is 5.97 Å². The smallest absolute Gasteiger partial charge is 0.320 e. The van der Waals surface area contributed by atoms with Crippen LogP contribution in [-0.4, -0.2) is 28.9 Å². The maximum atomic E-state index is 11.3. The van der Waals surface area contributed by atoms with Crippen molar-refractivity contribution in [3.8, 4) is 0 Å². The van der Waals surface area contributed by atoms with Crippen molar-refractivity contribution in [2.24, 2.45) is 5.92 Å². The third-order valence-electron chi connectivity index (χ3n) is 2.16. The first-order valence-electron chi connectivity index (χ1n) is 5.36. The second-order valence-corrected chi connectivity index (χ2v) is 4.37. The molecule has 0 spiro atoms. The molecular formula is C11H21NO3. The number of rotatable bonds is 7. The Morgan fingerprint density at radius 1 is 1.20 bits per heavy atom. The van der Waals surface area contributed by atoms with E-state index in [-0.39, 0.29) is 17.7 Å². The number of hydrogen-bond acceptors (Lipinski definition) is 3. The molecule has 0 saturated heterocycles. The zero-order valence-electron chi connectivity index (χ0n) is 9.91. The maximum absolute atomic E-state index is 11.3. The predicted molar refractivity (Wildman–Crippen MR) is 58.8 cm³/mol. The van der Waals surface area contributed by atoms with Crippen molar-refractivity contribution in [2.75, 3.05) is 0 Å². The van der Waals surface area contributed by atoms with Crippen LogP contribution in [0.3, 0.4) is 0 Å². The Labute approximate surface area is 91.1 Å². The molecule has 15 heavy (non-hydrogen) atoms. The zero-order chi connectivity index (χ0) is 12.0. The molecule has 0 amide bonds. The van der Waals surface area contributed by atoms with E-state index in [2.05, 4.69) is 5.32 Å². The molecule has 4 heteroatoms. The van der Waals surface area contributed by atoms with Crippen LogP contribution in [0.1, 0.15) is 40.5 Å². The first-order valence-corrected chi connectivity index (χ1v) is 5.36. The van der Waals surface area contributed by atoms with Gasteiger partial charge in [-0.3, -0.25) is 9.59 Å². The van der Waals surface area contributed by atoms with Crippen LogP contribution in [0, 0.1) is 5.92 Å². The third kappa shape index (κ3) is 6.23. The molecule has 0 fully saturated rings. The van der Waals surface area contributed by atoms with E-state index in [0.717, 1.165) is 0 Å². The van der Waals surface area contributed by atoms with Crippen molar-refractivity contribution >= 4 is 11.8 Å². The molecule has 0 rings (SSSR count). The largest absolute Gasteiger partial charge is 0.480 e. The lowest BCUT2D eigenvalue weighted by atomic mass is 10.0. The fourth-order valence-electron chi connectivity index (χ4n) is 1.26. The van der Waals surface area contributed by atoms with E-state index in [1.54, 1.807) is 0 Å². The van der Waals surface area contributed by atoms with Gasteiger partial charge in [-0.15, -0.1) is 0 Å². The van der Waals surface area contributed by atoms with Crippen LogP contribution in [-0.2, 0) is 9.59 Å². The Hall–Kier alpha value is -0.900. The molecule has 88 valence electrons. The molecule has 0 saturated carbocycles. The molecule has 0 aliphatic carbocycles. The van der Waals surface area contributed by atoms with Crippen LogP contribution in [0.15, 0.2) is 0 Å². The van der Waals surface area contributed by atoms with E-state index < -0.39 is 12.0 Å². The summed E-state index contributed by atoms with van der Waals surface area (Å²) in [7, 11) is 0. The summed E-state index contributed by atoms with van der Waals surface area (Å²) in [6, 6.07) is -0.507. The van der Waals surface area contributed by atoms with Crippen molar-refractivity contribution in [1.29, 1.82) is 0 Å². The predicted octanol–water partition coefficient (Wildman–Crippen LogP) is 1.44. The number of carboxylic acid groups (broad SMARTS) is 1. The van der Waals surface area contributed by atoms with Gasteiger partial charge in [-0.1, -0.05) is 27.7 Å². The Morgan fingerprint density at radius 2 is 1.73 bits per heavy atom. The van der Waals surface area contributed by atoms with Crippen LogP contribution in [0.5, 0.6) is 0 Å². The fraction of sp³-hybridized carbons (Fsp3) is 0.818. The Bertz CT molecular complexity index is 224. The molecule has 0 bridgehead atoms. The Balaban J connectivity index is 4.07. The molecule has 0 aliphatic heterocycles. The second-order valence-electron chi connectivity index (χ2n) is 4.37. The summed E-state index contributed by atoms with van der Waals surface area (Å²) in [6.45, 7) is 7.43. The van der Waals surface area contributed by atoms with E-state index in [4.69, 9.17) is 5.11 Å². The number of carboxylic acids is 1. The van der Waals surface area contributed by atoms with Crippen LogP contribution >= 0.6 is 0 Å². The quantitative estimate of drug-likeness (QED) is 0.674. The number of carbonyl (C=O) groups is 2.